The number of rotatable bonds is 4. The first kappa shape index (κ1) is 19.1. The molecule has 1 aliphatic heterocycles. The van der Waals surface area contributed by atoms with E-state index in [1.165, 1.54) is 16.8 Å². The molecular formula is C17H23N3O4S2. The molecule has 0 bridgehead atoms. The van der Waals surface area contributed by atoms with Gasteiger partial charge in [-0.05, 0) is 25.8 Å². The number of hydrogen-bond donors (Lipinski definition) is 0. The summed E-state index contributed by atoms with van der Waals surface area (Å²) in [6, 6.07) is 9.06. The van der Waals surface area contributed by atoms with E-state index in [0.29, 0.717) is 5.56 Å². The van der Waals surface area contributed by atoms with E-state index >= 15 is 0 Å². The summed E-state index contributed by atoms with van der Waals surface area (Å²) in [7, 11) is -7.25. The van der Waals surface area contributed by atoms with Gasteiger partial charge in [-0.2, -0.15) is 4.31 Å². The van der Waals surface area contributed by atoms with Crippen molar-refractivity contribution in [2.24, 2.45) is 0 Å². The van der Waals surface area contributed by atoms with Crippen molar-refractivity contribution in [1.29, 1.82) is 0 Å². The number of sulfonamides is 1. The van der Waals surface area contributed by atoms with Crippen LogP contribution in [0.1, 0.15) is 37.1 Å². The Morgan fingerprint density at radius 1 is 1.15 bits per heavy atom. The molecule has 0 spiro atoms. The molecule has 0 radical (unpaired) electrons. The fraction of sp³-hybridized carbons (Fsp3) is 0.471. The van der Waals surface area contributed by atoms with E-state index in [-0.39, 0.29) is 36.3 Å². The molecular weight excluding hydrogens is 374 g/mol. The van der Waals surface area contributed by atoms with Crippen molar-refractivity contribution < 1.29 is 16.8 Å². The van der Waals surface area contributed by atoms with Gasteiger partial charge in [-0.25, -0.2) is 21.8 Å². The molecule has 2 heterocycles. The van der Waals surface area contributed by atoms with Crippen LogP contribution in [-0.2, 0) is 19.9 Å². The summed E-state index contributed by atoms with van der Waals surface area (Å²) < 4.78 is 54.1. The fourth-order valence-corrected chi connectivity index (χ4v) is 6.36. The standard InChI is InChI=1S/C17H23N3O4S2/c1-14(2)19-12-17(18-13-19)26(23,24)20-9-8-16(25(21,22)11-10-20)15-6-4-3-5-7-15/h3-7,12-14,16H,8-11H2,1-2H3. The third-order valence-corrected chi connectivity index (χ3v) is 8.56. The Labute approximate surface area is 154 Å². The number of imidazole rings is 1. The summed E-state index contributed by atoms with van der Waals surface area (Å²) in [6.07, 6.45) is 3.21. The molecule has 26 heavy (non-hydrogen) atoms. The van der Waals surface area contributed by atoms with Crippen LogP contribution in [0.4, 0.5) is 0 Å². The van der Waals surface area contributed by atoms with Crippen LogP contribution < -0.4 is 0 Å². The molecule has 7 nitrogen and oxygen atoms in total. The normalized spacial score (nSPS) is 21.6. The number of benzene rings is 1. The van der Waals surface area contributed by atoms with Gasteiger partial charge in [0.25, 0.3) is 10.0 Å². The van der Waals surface area contributed by atoms with Crippen molar-refractivity contribution in [2.45, 2.75) is 36.6 Å². The van der Waals surface area contributed by atoms with Crippen molar-refractivity contribution in [2.75, 3.05) is 18.8 Å². The van der Waals surface area contributed by atoms with Crippen LogP contribution in [0.3, 0.4) is 0 Å². The summed E-state index contributed by atoms with van der Waals surface area (Å²) in [4.78, 5) is 4.01. The minimum atomic E-state index is -3.82. The first-order chi connectivity index (χ1) is 12.2. The van der Waals surface area contributed by atoms with E-state index in [0.717, 1.165) is 0 Å². The maximum Gasteiger partial charge on any atom is 0.262 e. The minimum absolute atomic E-state index is 0.0400. The lowest BCUT2D eigenvalue weighted by atomic mass is 10.1. The molecule has 1 aromatic carbocycles. The first-order valence-corrected chi connectivity index (χ1v) is 11.7. The van der Waals surface area contributed by atoms with Gasteiger partial charge >= 0.3 is 0 Å². The van der Waals surface area contributed by atoms with Crippen LogP contribution in [0.15, 0.2) is 47.9 Å². The van der Waals surface area contributed by atoms with Crippen molar-refractivity contribution in [1.82, 2.24) is 13.9 Å². The molecule has 1 unspecified atom stereocenters. The predicted molar refractivity (Wildman–Crippen MR) is 99.0 cm³/mol. The third kappa shape index (κ3) is 3.70. The lowest BCUT2D eigenvalue weighted by Crippen LogP contribution is -2.33. The van der Waals surface area contributed by atoms with Gasteiger partial charge in [0.2, 0.25) is 0 Å². The van der Waals surface area contributed by atoms with E-state index in [2.05, 4.69) is 4.98 Å². The first-order valence-electron chi connectivity index (χ1n) is 8.52. The molecule has 1 fully saturated rings. The summed E-state index contributed by atoms with van der Waals surface area (Å²) in [5.74, 6) is -0.198. The summed E-state index contributed by atoms with van der Waals surface area (Å²) in [5.41, 5.74) is 0.704. The highest BCUT2D eigenvalue weighted by atomic mass is 32.2. The SMILES string of the molecule is CC(C)n1cnc(S(=O)(=O)N2CCC(c3ccccc3)S(=O)(=O)CC2)c1. The molecule has 1 aliphatic rings. The van der Waals surface area contributed by atoms with E-state index in [4.69, 9.17) is 0 Å². The molecule has 1 saturated heterocycles. The zero-order valence-corrected chi connectivity index (χ0v) is 16.4. The number of aromatic nitrogens is 2. The predicted octanol–water partition coefficient (Wildman–Crippen LogP) is 2.01. The quantitative estimate of drug-likeness (QED) is 0.787. The number of hydrogen-bond acceptors (Lipinski definition) is 5. The zero-order chi connectivity index (χ0) is 18.9. The minimum Gasteiger partial charge on any atom is -0.334 e. The number of nitrogens with zero attached hydrogens (tertiary/aromatic N) is 3. The van der Waals surface area contributed by atoms with Crippen LogP contribution in [0.2, 0.25) is 0 Å². The van der Waals surface area contributed by atoms with Crippen molar-refractivity contribution in [3.05, 3.63) is 48.4 Å². The lowest BCUT2D eigenvalue weighted by Gasteiger charge is -2.18. The molecule has 0 saturated carbocycles. The van der Waals surface area contributed by atoms with Crippen LogP contribution in [0.25, 0.3) is 0 Å². The second kappa shape index (κ2) is 7.13. The molecule has 9 heteroatoms. The topological polar surface area (TPSA) is 89.3 Å². The van der Waals surface area contributed by atoms with Crippen molar-refractivity contribution in [3.63, 3.8) is 0 Å². The van der Waals surface area contributed by atoms with Gasteiger partial charge in [-0.15, -0.1) is 0 Å². The Morgan fingerprint density at radius 3 is 2.46 bits per heavy atom. The van der Waals surface area contributed by atoms with Crippen LogP contribution in [0, 0.1) is 0 Å². The molecule has 2 aromatic rings. The molecule has 0 N–H and O–H groups in total. The summed E-state index contributed by atoms with van der Waals surface area (Å²) in [5, 5.41) is -0.723. The molecule has 142 valence electrons. The van der Waals surface area contributed by atoms with Crippen LogP contribution in [0.5, 0.6) is 0 Å². The third-order valence-electron chi connectivity index (χ3n) is 4.65. The van der Waals surface area contributed by atoms with E-state index in [1.807, 2.05) is 19.9 Å². The summed E-state index contributed by atoms with van der Waals surface area (Å²) >= 11 is 0. The van der Waals surface area contributed by atoms with Gasteiger partial charge in [0, 0.05) is 25.3 Å². The Kier molecular flexibility index (Phi) is 5.23. The Morgan fingerprint density at radius 2 is 1.85 bits per heavy atom. The maximum atomic E-state index is 12.9. The summed E-state index contributed by atoms with van der Waals surface area (Å²) in [6.45, 7) is 3.96. The highest BCUT2D eigenvalue weighted by Gasteiger charge is 2.36. The largest absolute Gasteiger partial charge is 0.334 e. The number of sulfone groups is 1. The van der Waals surface area contributed by atoms with Crippen molar-refractivity contribution in [3.8, 4) is 0 Å². The maximum absolute atomic E-state index is 12.9. The molecule has 0 aliphatic carbocycles. The van der Waals surface area contributed by atoms with E-state index in [9.17, 15) is 16.8 Å². The smallest absolute Gasteiger partial charge is 0.262 e. The van der Waals surface area contributed by atoms with Crippen LogP contribution >= 0.6 is 0 Å². The molecule has 1 atom stereocenters. The Bertz CT molecular complexity index is 966. The van der Waals surface area contributed by atoms with Crippen molar-refractivity contribution >= 4 is 19.9 Å². The molecule has 3 rings (SSSR count). The molecule has 0 amide bonds. The van der Waals surface area contributed by atoms with Gasteiger partial charge in [0.1, 0.15) is 0 Å². The average Bonchev–Trinajstić information content (AvgIpc) is 3.03. The molecule has 1 aromatic heterocycles. The van der Waals surface area contributed by atoms with Gasteiger partial charge in [0.05, 0.1) is 17.3 Å². The van der Waals surface area contributed by atoms with Gasteiger partial charge < -0.3 is 4.57 Å². The van der Waals surface area contributed by atoms with E-state index < -0.39 is 25.1 Å². The van der Waals surface area contributed by atoms with Gasteiger partial charge in [-0.1, -0.05) is 30.3 Å². The van der Waals surface area contributed by atoms with Crippen LogP contribution in [-0.4, -0.2) is 49.5 Å². The average molecular weight is 398 g/mol. The highest BCUT2D eigenvalue weighted by molar-refractivity contribution is 7.92. The zero-order valence-electron chi connectivity index (χ0n) is 14.8. The lowest BCUT2D eigenvalue weighted by molar-refractivity contribution is 0.426. The second-order valence-electron chi connectivity index (χ2n) is 6.71. The second-order valence-corrected chi connectivity index (χ2v) is 10.9. The monoisotopic (exact) mass is 397 g/mol. The Hall–Kier alpha value is -1.71. The Balaban J connectivity index is 1.87. The van der Waals surface area contributed by atoms with E-state index in [1.54, 1.807) is 28.8 Å². The van der Waals surface area contributed by atoms with Gasteiger partial charge in [-0.3, -0.25) is 0 Å². The fourth-order valence-electron chi connectivity index (χ4n) is 3.07. The van der Waals surface area contributed by atoms with Gasteiger partial charge in [0.15, 0.2) is 14.9 Å². The highest BCUT2D eigenvalue weighted by Crippen LogP contribution is 2.31.